The second-order valence-corrected chi connectivity index (χ2v) is 10.4. The Bertz CT molecular complexity index is 381. The molecule has 0 saturated heterocycles. The van der Waals surface area contributed by atoms with Crippen molar-refractivity contribution in [3.8, 4) is 0 Å². The molecule has 0 rings (SSSR count). The van der Waals surface area contributed by atoms with E-state index >= 15 is 0 Å². The van der Waals surface area contributed by atoms with Crippen molar-refractivity contribution in [2.75, 3.05) is 0 Å². The zero-order valence-electron chi connectivity index (χ0n) is 21.0. The fraction of sp³-hybridized carbons (Fsp3) is 0.893. The van der Waals surface area contributed by atoms with E-state index in [1.807, 2.05) is 0 Å². The zero-order chi connectivity index (χ0) is 22.3. The zero-order valence-corrected chi connectivity index (χ0v) is 21.0. The Labute approximate surface area is 189 Å². The summed E-state index contributed by atoms with van der Waals surface area (Å²) in [7, 11) is 0. The molecular weight excluding hydrogens is 368 g/mol. The van der Waals surface area contributed by atoms with Gasteiger partial charge < -0.3 is 4.74 Å². The smallest absolute Gasteiger partial charge is 0.310 e. The maximum Gasteiger partial charge on any atom is 0.310 e. The van der Waals surface area contributed by atoms with Crippen LogP contribution in [0.25, 0.3) is 0 Å². The second-order valence-electron chi connectivity index (χ2n) is 10.4. The lowest BCUT2D eigenvalue weighted by Crippen LogP contribution is -2.03. The SMILES string of the molecule is C=COC(=O)CCCCCCCCCCCCCCCCCCCCCC(C)(C)C. The number of unbranched alkanes of at least 4 members (excludes halogenated alkanes) is 18. The lowest BCUT2D eigenvalue weighted by Gasteiger charge is -2.17. The maximum absolute atomic E-state index is 11.2. The topological polar surface area (TPSA) is 26.3 Å². The number of esters is 1. The summed E-state index contributed by atoms with van der Waals surface area (Å²) in [5.74, 6) is -0.146. The molecule has 0 N–H and O–H groups in total. The first-order valence-electron chi connectivity index (χ1n) is 13.3. The molecule has 2 heteroatoms. The van der Waals surface area contributed by atoms with E-state index in [4.69, 9.17) is 4.74 Å². The number of hydrogen-bond acceptors (Lipinski definition) is 2. The molecule has 0 saturated carbocycles. The molecule has 30 heavy (non-hydrogen) atoms. The third-order valence-electron chi connectivity index (χ3n) is 6.02. The van der Waals surface area contributed by atoms with E-state index in [9.17, 15) is 4.79 Å². The van der Waals surface area contributed by atoms with Gasteiger partial charge in [0.1, 0.15) is 0 Å². The summed E-state index contributed by atoms with van der Waals surface area (Å²) < 4.78 is 4.72. The van der Waals surface area contributed by atoms with Gasteiger partial charge >= 0.3 is 5.97 Å². The average Bonchev–Trinajstić information content (AvgIpc) is 2.68. The van der Waals surface area contributed by atoms with Gasteiger partial charge in [0.15, 0.2) is 0 Å². The standard InChI is InChI=1S/C28H54O2/c1-5-30-27(29)25-23-21-19-17-15-13-11-9-7-6-8-10-12-14-16-18-20-22-24-26-28(2,3)4/h5H,1,6-26H2,2-4H3. The van der Waals surface area contributed by atoms with E-state index in [0.29, 0.717) is 11.8 Å². The number of carbonyl (C=O) groups is 1. The maximum atomic E-state index is 11.2. The summed E-state index contributed by atoms with van der Waals surface area (Å²) in [4.78, 5) is 11.2. The highest BCUT2D eigenvalue weighted by Crippen LogP contribution is 2.22. The van der Waals surface area contributed by atoms with Crippen LogP contribution in [0.15, 0.2) is 12.8 Å². The van der Waals surface area contributed by atoms with Crippen molar-refractivity contribution in [1.29, 1.82) is 0 Å². The van der Waals surface area contributed by atoms with Crippen LogP contribution in [-0.4, -0.2) is 5.97 Å². The van der Waals surface area contributed by atoms with Crippen LogP contribution in [0.5, 0.6) is 0 Å². The molecule has 0 aliphatic carbocycles. The Balaban J connectivity index is 3.08. The highest BCUT2D eigenvalue weighted by molar-refractivity contribution is 5.69. The van der Waals surface area contributed by atoms with Crippen molar-refractivity contribution >= 4 is 5.97 Å². The summed E-state index contributed by atoms with van der Waals surface area (Å²) in [6.07, 6.45) is 29.2. The quantitative estimate of drug-likeness (QED) is 0.0985. The first-order valence-corrected chi connectivity index (χ1v) is 13.3. The highest BCUT2D eigenvalue weighted by Gasteiger charge is 2.08. The predicted molar refractivity (Wildman–Crippen MR) is 133 cm³/mol. The van der Waals surface area contributed by atoms with Crippen LogP contribution in [0.4, 0.5) is 0 Å². The average molecular weight is 423 g/mol. The molecule has 0 spiro atoms. The van der Waals surface area contributed by atoms with Gasteiger partial charge in [-0.3, -0.25) is 4.79 Å². The summed E-state index contributed by atoms with van der Waals surface area (Å²) in [6.45, 7) is 10.5. The van der Waals surface area contributed by atoms with Crippen LogP contribution >= 0.6 is 0 Å². The summed E-state index contributed by atoms with van der Waals surface area (Å²) >= 11 is 0. The van der Waals surface area contributed by atoms with Crippen LogP contribution < -0.4 is 0 Å². The van der Waals surface area contributed by atoms with Gasteiger partial charge in [0.2, 0.25) is 0 Å². The fourth-order valence-electron chi connectivity index (χ4n) is 4.08. The lowest BCUT2D eigenvalue weighted by molar-refractivity contribution is -0.138. The van der Waals surface area contributed by atoms with Crippen molar-refractivity contribution in [2.45, 2.75) is 156 Å². The van der Waals surface area contributed by atoms with Crippen molar-refractivity contribution in [3.05, 3.63) is 12.8 Å². The number of hydrogen-bond donors (Lipinski definition) is 0. The molecule has 2 nitrogen and oxygen atoms in total. The molecule has 0 aliphatic heterocycles. The van der Waals surface area contributed by atoms with E-state index in [1.165, 1.54) is 122 Å². The second kappa shape index (κ2) is 21.4. The van der Waals surface area contributed by atoms with Gasteiger partial charge in [-0.15, -0.1) is 0 Å². The van der Waals surface area contributed by atoms with E-state index in [0.717, 1.165) is 12.8 Å². The van der Waals surface area contributed by atoms with E-state index < -0.39 is 0 Å². The minimum absolute atomic E-state index is 0.146. The Morgan fingerprint density at radius 3 is 1.20 bits per heavy atom. The minimum Gasteiger partial charge on any atom is -0.435 e. The van der Waals surface area contributed by atoms with Gasteiger partial charge in [-0.05, 0) is 18.3 Å². The Kier molecular flexibility index (Phi) is 20.9. The van der Waals surface area contributed by atoms with Gasteiger partial charge in [0.25, 0.3) is 0 Å². The van der Waals surface area contributed by atoms with Crippen LogP contribution in [0.2, 0.25) is 0 Å². The van der Waals surface area contributed by atoms with E-state index in [1.54, 1.807) is 0 Å². The predicted octanol–water partition coefficient (Wildman–Crippen LogP) is 9.91. The molecular formula is C28H54O2. The Morgan fingerprint density at radius 1 is 0.600 bits per heavy atom. The summed E-state index contributed by atoms with van der Waals surface area (Å²) in [5.41, 5.74) is 0.519. The van der Waals surface area contributed by atoms with Gasteiger partial charge in [-0.2, -0.15) is 0 Å². The largest absolute Gasteiger partial charge is 0.435 e. The minimum atomic E-state index is -0.146. The molecule has 0 heterocycles. The molecule has 0 aromatic rings. The molecule has 0 aliphatic rings. The molecule has 0 unspecified atom stereocenters. The molecule has 0 aromatic heterocycles. The fourth-order valence-corrected chi connectivity index (χ4v) is 4.08. The van der Waals surface area contributed by atoms with E-state index in [-0.39, 0.29) is 5.97 Å². The molecule has 0 amide bonds. The normalized spacial score (nSPS) is 11.6. The molecule has 0 bridgehead atoms. The van der Waals surface area contributed by atoms with Crippen molar-refractivity contribution < 1.29 is 9.53 Å². The monoisotopic (exact) mass is 422 g/mol. The number of carbonyl (C=O) groups excluding carboxylic acids is 1. The Morgan fingerprint density at radius 2 is 0.900 bits per heavy atom. The first-order chi connectivity index (χ1) is 14.5. The van der Waals surface area contributed by atoms with Crippen molar-refractivity contribution in [2.24, 2.45) is 5.41 Å². The van der Waals surface area contributed by atoms with Crippen LogP contribution in [0.1, 0.15) is 156 Å². The molecule has 178 valence electrons. The van der Waals surface area contributed by atoms with E-state index in [2.05, 4.69) is 27.4 Å². The lowest BCUT2D eigenvalue weighted by atomic mass is 9.89. The van der Waals surface area contributed by atoms with Crippen molar-refractivity contribution in [1.82, 2.24) is 0 Å². The van der Waals surface area contributed by atoms with Crippen LogP contribution in [0.3, 0.4) is 0 Å². The first kappa shape index (κ1) is 29.2. The molecule has 0 atom stereocenters. The van der Waals surface area contributed by atoms with Crippen LogP contribution in [0, 0.1) is 5.41 Å². The third-order valence-corrected chi connectivity index (χ3v) is 6.02. The molecule has 0 radical (unpaired) electrons. The molecule has 0 aromatic carbocycles. The highest BCUT2D eigenvalue weighted by atomic mass is 16.5. The van der Waals surface area contributed by atoms with Gasteiger partial charge in [0, 0.05) is 6.42 Å². The summed E-state index contributed by atoms with van der Waals surface area (Å²) in [6, 6.07) is 0. The van der Waals surface area contributed by atoms with Gasteiger partial charge in [-0.1, -0.05) is 143 Å². The molecule has 0 fully saturated rings. The third kappa shape index (κ3) is 25.2. The summed E-state index contributed by atoms with van der Waals surface area (Å²) in [5, 5.41) is 0. The number of rotatable bonds is 22. The van der Waals surface area contributed by atoms with Gasteiger partial charge in [0.05, 0.1) is 6.26 Å². The van der Waals surface area contributed by atoms with Crippen molar-refractivity contribution in [3.63, 3.8) is 0 Å². The van der Waals surface area contributed by atoms with Crippen LogP contribution in [-0.2, 0) is 9.53 Å². The Hall–Kier alpha value is -0.790. The number of ether oxygens (including phenoxy) is 1. The van der Waals surface area contributed by atoms with Gasteiger partial charge in [-0.25, -0.2) is 0 Å².